The van der Waals surface area contributed by atoms with Crippen molar-refractivity contribution in [2.45, 2.75) is 0 Å². The minimum Gasteiger partial charge on any atom is -0.256 e. The number of nitrogens with zero attached hydrogens (tertiary/aromatic N) is 4. The van der Waals surface area contributed by atoms with E-state index in [0.717, 1.165) is 71.9 Å². The maximum atomic E-state index is 5.27. The van der Waals surface area contributed by atoms with Gasteiger partial charge in [-0.1, -0.05) is 97.1 Å². The van der Waals surface area contributed by atoms with Gasteiger partial charge in [0, 0.05) is 51.4 Å². The van der Waals surface area contributed by atoms with Gasteiger partial charge in [0.05, 0.1) is 27.9 Å². The highest BCUT2D eigenvalue weighted by atomic mass is 14.7. The highest BCUT2D eigenvalue weighted by Crippen LogP contribution is 2.35. The van der Waals surface area contributed by atoms with E-state index in [1.807, 2.05) is 30.7 Å². The van der Waals surface area contributed by atoms with Gasteiger partial charge in [0.2, 0.25) is 0 Å². The minimum atomic E-state index is 0.869. The van der Waals surface area contributed by atoms with Crippen LogP contribution in [0.4, 0.5) is 0 Å². The summed E-state index contributed by atoms with van der Waals surface area (Å²) in [7, 11) is 0. The Bertz CT molecular complexity index is 2600. The van der Waals surface area contributed by atoms with Gasteiger partial charge in [-0.25, -0.2) is 4.98 Å². The van der Waals surface area contributed by atoms with Crippen LogP contribution in [0.1, 0.15) is 0 Å². The molecule has 0 aliphatic carbocycles. The second-order valence-electron chi connectivity index (χ2n) is 11.6. The van der Waals surface area contributed by atoms with Crippen molar-refractivity contribution < 1.29 is 0 Å². The quantitative estimate of drug-likeness (QED) is 0.193. The maximum Gasteiger partial charge on any atom is 0.0964 e. The lowest BCUT2D eigenvalue weighted by atomic mass is 9.96. The lowest BCUT2D eigenvalue weighted by Crippen LogP contribution is -1.94. The smallest absolute Gasteiger partial charge is 0.0964 e. The van der Waals surface area contributed by atoms with Crippen molar-refractivity contribution in [2.75, 3.05) is 0 Å². The molecule has 4 heterocycles. The van der Waals surface area contributed by atoms with Crippen LogP contribution >= 0.6 is 0 Å². The summed E-state index contributed by atoms with van der Waals surface area (Å²) in [4.78, 5) is 19.6. The normalized spacial score (nSPS) is 11.5. The van der Waals surface area contributed by atoms with Gasteiger partial charge in [-0.3, -0.25) is 15.0 Å². The van der Waals surface area contributed by atoms with Crippen LogP contribution in [0, 0.1) is 0 Å². The molecule has 0 amide bonds. The highest BCUT2D eigenvalue weighted by Gasteiger charge is 2.14. The second-order valence-corrected chi connectivity index (χ2v) is 11.6. The number of pyridine rings is 4. The first-order chi connectivity index (χ1) is 22.8. The SMILES string of the molecule is c1cc(-c2ccc3ccccc3c2)cc(-c2cc(-c3cnc4c(ccc5cccnc54)c3)cc(-c3cccc4cccnc34)n2)c1. The number of hydrogen-bond acceptors (Lipinski definition) is 4. The standard InChI is InChI=1S/C42H26N4/c1-2-8-30-21-32(17-15-27(30)7-1)31-10-3-11-33(22-31)38-24-35(25-39(46-38)37-14-4-9-28-12-5-19-43-40(28)37)36-23-34-18-16-29-13-6-20-44-41(29)42(34)45-26-36/h1-26H. The molecule has 5 aromatic carbocycles. The molecule has 4 nitrogen and oxygen atoms in total. The molecule has 0 aliphatic heterocycles. The highest BCUT2D eigenvalue weighted by molar-refractivity contribution is 6.03. The Morgan fingerprint density at radius 1 is 0.326 bits per heavy atom. The zero-order valence-electron chi connectivity index (χ0n) is 24.8. The number of para-hydroxylation sites is 1. The van der Waals surface area contributed by atoms with Crippen LogP contribution in [0.15, 0.2) is 158 Å². The third-order valence-electron chi connectivity index (χ3n) is 8.73. The topological polar surface area (TPSA) is 51.6 Å². The summed E-state index contributed by atoms with van der Waals surface area (Å²) >= 11 is 0. The summed E-state index contributed by atoms with van der Waals surface area (Å²) in [5, 5.41) is 5.67. The summed E-state index contributed by atoms with van der Waals surface area (Å²) < 4.78 is 0. The summed E-state index contributed by atoms with van der Waals surface area (Å²) in [5.41, 5.74) is 10.9. The monoisotopic (exact) mass is 586 g/mol. The van der Waals surface area contributed by atoms with Crippen molar-refractivity contribution in [3.8, 4) is 44.8 Å². The van der Waals surface area contributed by atoms with E-state index in [9.17, 15) is 0 Å². The van der Waals surface area contributed by atoms with E-state index in [1.54, 1.807) is 0 Å². The number of hydrogen-bond donors (Lipinski definition) is 0. The molecule has 9 aromatic rings. The minimum absolute atomic E-state index is 0.869. The Labute approximate surface area is 265 Å². The van der Waals surface area contributed by atoms with Gasteiger partial charge in [-0.05, 0) is 69.9 Å². The first-order valence-corrected chi connectivity index (χ1v) is 15.4. The zero-order chi connectivity index (χ0) is 30.5. The van der Waals surface area contributed by atoms with E-state index in [2.05, 4.69) is 132 Å². The zero-order valence-corrected chi connectivity index (χ0v) is 24.8. The summed E-state index contributed by atoms with van der Waals surface area (Å²) in [6.07, 6.45) is 5.62. The molecule has 0 bridgehead atoms. The van der Waals surface area contributed by atoms with E-state index >= 15 is 0 Å². The van der Waals surface area contributed by atoms with Crippen LogP contribution in [-0.4, -0.2) is 19.9 Å². The molecular formula is C42H26N4. The molecule has 214 valence electrons. The third kappa shape index (κ3) is 4.56. The van der Waals surface area contributed by atoms with Crippen molar-refractivity contribution in [2.24, 2.45) is 0 Å². The second kappa shape index (κ2) is 10.7. The van der Waals surface area contributed by atoms with Crippen LogP contribution in [-0.2, 0) is 0 Å². The first-order valence-electron chi connectivity index (χ1n) is 15.4. The average molecular weight is 587 g/mol. The van der Waals surface area contributed by atoms with Crippen molar-refractivity contribution >= 4 is 43.5 Å². The van der Waals surface area contributed by atoms with E-state index in [-0.39, 0.29) is 0 Å². The molecule has 0 saturated carbocycles. The van der Waals surface area contributed by atoms with Gasteiger partial charge >= 0.3 is 0 Å². The Morgan fingerprint density at radius 2 is 0.957 bits per heavy atom. The Kier molecular flexibility index (Phi) is 6.10. The van der Waals surface area contributed by atoms with Gasteiger partial charge in [-0.2, -0.15) is 0 Å². The Hall–Kier alpha value is -6.26. The lowest BCUT2D eigenvalue weighted by Gasteiger charge is -2.13. The molecule has 0 fully saturated rings. The van der Waals surface area contributed by atoms with E-state index < -0.39 is 0 Å². The summed E-state index contributed by atoms with van der Waals surface area (Å²) in [6, 6.07) is 48.9. The number of rotatable bonds is 4. The summed E-state index contributed by atoms with van der Waals surface area (Å²) in [5.74, 6) is 0. The van der Waals surface area contributed by atoms with Crippen LogP contribution in [0.3, 0.4) is 0 Å². The Morgan fingerprint density at radius 3 is 1.87 bits per heavy atom. The number of aromatic nitrogens is 4. The molecule has 0 radical (unpaired) electrons. The number of fused-ring (bicyclic) bond motifs is 5. The van der Waals surface area contributed by atoms with E-state index in [4.69, 9.17) is 15.0 Å². The fraction of sp³-hybridized carbons (Fsp3) is 0. The molecule has 0 atom stereocenters. The van der Waals surface area contributed by atoms with Gasteiger partial charge < -0.3 is 0 Å². The van der Waals surface area contributed by atoms with Gasteiger partial charge in [-0.15, -0.1) is 0 Å². The third-order valence-corrected chi connectivity index (χ3v) is 8.73. The van der Waals surface area contributed by atoms with Crippen LogP contribution in [0.2, 0.25) is 0 Å². The molecule has 9 rings (SSSR count). The molecule has 0 aliphatic rings. The largest absolute Gasteiger partial charge is 0.256 e. The van der Waals surface area contributed by atoms with Crippen LogP contribution in [0.25, 0.3) is 88.2 Å². The Balaban J connectivity index is 1.23. The predicted molar refractivity (Wildman–Crippen MR) is 189 cm³/mol. The molecule has 4 heteroatoms. The predicted octanol–water partition coefficient (Wildman–Crippen LogP) is 10.5. The average Bonchev–Trinajstić information content (AvgIpc) is 3.14. The van der Waals surface area contributed by atoms with Crippen molar-refractivity contribution in [1.82, 2.24) is 19.9 Å². The molecule has 0 N–H and O–H groups in total. The number of benzene rings is 5. The lowest BCUT2D eigenvalue weighted by molar-refractivity contribution is 1.31. The van der Waals surface area contributed by atoms with E-state index in [0.29, 0.717) is 0 Å². The molecule has 0 spiro atoms. The fourth-order valence-electron chi connectivity index (χ4n) is 6.42. The van der Waals surface area contributed by atoms with Crippen molar-refractivity contribution in [3.63, 3.8) is 0 Å². The van der Waals surface area contributed by atoms with E-state index in [1.165, 1.54) is 16.3 Å². The van der Waals surface area contributed by atoms with Gasteiger partial charge in [0.1, 0.15) is 0 Å². The summed E-state index contributed by atoms with van der Waals surface area (Å²) in [6.45, 7) is 0. The molecule has 46 heavy (non-hydrogen) atoms. The van der Waals surface area contributed by atoms with Crippen LogP contribution in [0.5, 0.6) is 0 Å². The molecule has 4 aromatic heterocycles. The van der Waals surface area contributed by atoms with Gasteiger partial charge in [0.15, 0.2) is 0 Å². The van der Waals surface area contributed by atoms with Gasteiger partial charge in [0.25, 0.3) is 0 Å². The maximum absolute atomic E-state index is 5.27. The van der Waals surface area contributed by atoms with Crippen molar-refractivity contribution in [3.05, 3.63) is 158 Å². The first kappa shape index (κ1) is 26.2. The fourth-order valence-corrected chi connectivity index (χ4v) is 6.42. The molecule has 0 unspecified atom stereocenters. The van der Waals surface area contributed by atoms with Crippen LogP contribution < -0.4 is 0 Å². The van der Waals surface area contributed by atoms with Crippen molar-refractivity contribution in [1.29, 1.82) is 0 Å². The molecule has 0 saturated heterocycles. The molecular weight excluding hydrogens is 560 g/mol.